The van der Waals surface area contributed by atoms with Crippen molar-refractivity contribution < 1.29 is 29.6 Å². The van der Waals surface area contributed by atoms with E-state index in [0.717, 1.165) is 0 Å². The summed E-state index contributed by atoms with van der Waals surface area (Å²) >= 11 is 0. The lowest BCUT2D eigenvalue weighted by Crippen LogP contribution is -2.43. The number of aliphatic hydroxyl groups is 3. The molecule has 14 heavy (non-hydrogen) atoms. The fourth-order valence-corrected chi connectivity index (χ4v) is 0.695. The molecule has 0 aromatic heterocycles. The van der Waals surface area contributed by atoms with E-state index in [0.29, 0.717) is 6.42 Å². The third kappa shape index (κ3) is 3.82. The van der Waals surface area contributed by atoms with Gasteiger partial charge in [-0.15, -0.1) is 0 Å². The second-order valence-corrected chi connectivity index (χ2v) is 2.73. The highest BCUT2D eigenvalue weighted by Crippen LogP contribution is 2.01. The van der Waals surface area contributed by atoms with Crippen LogP contribution in [0.2, 0.25) is 0 Å². The number of ether oxygens (including phenoxy) is 1. The van der Waals surface area contributed by atoms with Crippen LogP contribution in [0.5, 0.6) is 0 Å². The van der Waals surface area contributed by atoms with Crippen molar-refractivity contribution in [2.75, 3.05) is 6.61 Å². The fraction of sp³-hybridized carbons (Fsp3) is 0.750. The van der Waals surface area contributed by atoms with Gasteiger partial charge in [-0.05, 0) is 6.42 Å². The summed E-state index contributed by atoms with van der Waals surface area (Å²) in [5.74, 6) is -1.06. The molecule has 0 bridgehead atoms. The molecule has 0 aliphatic carbocycles. The summed E-state index contributed by atoms with van der Waals surface area (Å²) in [6.07, 6.45) is -4.94. The first-order valence-electron chi connectivity index (χ1n) is 4.20. The van der Waals surface area contributed by atoms with Crippen LogP contribution in [0.25, 0.3) is 0 Å². The molecule has 0 amide bonds. The molecule has 0 aliphatic heterocycles. The van der Waals surface area contributed by atoms with Crippen LogP contribution in [-0.2, 0) is 14.3 Å². The van der Waals surface area contributed by atoms with Crippen molar-refractivity contribution in [3.63, 3.8) is 0 Å². The summed E-state index contributed by atoms with van der Waals surface area (Å²) in [7, 11) is 0. The topological polar surface area (TPSA) is 104 Å². The molecule has 0 saturated heterocycles. The van der Waals surface area contributed by atoms with Gasteiger partial charge in [0, 0.05) is 0 Å². The van der Waals surface area contributed by atoms with Gasteiger partial charge in [0.15, 0.2) is 12.4 Å². The van der Waals surface area contributed by atoms with Gasteiger partial charge >= 0.3 is 5.97 Å². The number of esters is 1. The quantitative estimate of drug-likeness (QED) is 0.350. The zero-order valence-electron chi connectivity index (χ0n) is 7.79. The summed E-state index contributed by atoms with van der Waals surface area (Å²) in [4.78, 5) is 20.9. The van der Waals surface area contributed by atoms with Gasteiger partial charge in [-0.2, -0.15) is 0 Å². The molecule has 6 nitrogen and oxygen atoms in total. The largest absolute Gasteiger partial charge is 0.464 e. The number of carbonyl (C=O) groups is 2. The van der Waals surface area contributed by atoms with Gasteiger partial charge in [0.25, 0.3) is 0 Å². The monoisotopic (exact) mass is 206 g/mol. The Morgan fingerprint density at radius 1 is 1.43 bits per heavy atom. The van der Waals surface area contributed by atoms with E-state index in [4.69, 9.17) is 15.3 Å². The van der Waals surface area contributed by atoms with Gasteiger partial charge in [0.1, 0.15) is 12.2 Å². The van der Waals surface area contributed by atoms with Gasteiger partial charge in [-0.25, -0.2) is 4.79 Å². The van der Waals surface area contributed by atoms with Crippen LogP contribution >= 0.6 is 0 Å². The van der Waals surface area contributed by atoms with Crippen molar-refractivity contribution in [2.45, 2.75) is 31.7 Å². The van der Waals surface area contributed by atoms with E-state index in [-0.39, 0.29) is 12.9 Å². The summed E-state index contributed by atoms with van der Waals surface area (Å²) in [6.45, 7) is 1.87. The van der Waals surface area contributed by atoms with E-state index in [1.807, 2.05) is 0 Å². The fourth-order valence-electron chi connectivity index (χ4n) is 0.695. The maximum Gasteiger partial charge on any atom is 0.337 e. The summed E-state index contributed by atoms with van der Waals surface area (Å²) < 4.78 is 4.49. The molecule has 3 atom stereocenters. The number of aldehydes is 1. The van der Waals surface area contributed by atoms with E-state index in [9.17, 15) is 9.59 Å². The van der Waals surface area contributed by atoms with Crippen molar-refractivity contribution >= 4 is 12.3 Å². The van der Waals surface area contributed by atoms with Crippen molar-refractivity contribution in [1.29, 1.82) is 0 Å². The lowest BCUT2D eigenvalue weighted by molar-refractivity contribution is -0.164. The number of hydrogen-bond acceptors (Lipinski definition) is 6. The first-order valence-corrected chi connectivity index (χ1v) is 4.20. The lowest BCUT2D eigenvalue weighted by atomic mass is 10.1. The zero-order valence-corrected chi connectivity index (χ0v) is 7.79. The van der Waals surface area contributed by atoms with Crippen LogP contribution < -0.4 is 0 Å². The molecule has 0 aliphatic rings. The molecule has 0 rings (SSSR count). The van der Waals surface area contributed by atoms with Gasteiger partial charge in [-0.1, -0.05) is 6.92 Å². The molecule has 0 aromatic rings. The highest BCUT2D eigenvalue weighted by molar-refractivity contribution is 5.76. The average Bonchev–Trinajstić information content (AvgIpc) is 2.22. The number of rotatable bonds is 6. The Morgan fingerprint density at radius 3 is 2.43 bits per heavy atom. The van der Waals surface area contributed by atoms with Crippen LogP contribution in [0.1, 0.15) is 13.3 Å². The summed E-state index contributed by atoms with van der Waals surface area (Å²) in [6, 6.07) is 0. The highest BCUT2D eigenvalue weighted by atomic mass is 16.5. The maximum absolute atomic E-state index is 10.9. The highest BCUT2D eigenvalue weighted by Gasteiger charge is 2.31. The third-order valence-corrected chi connectivity index (χ3v) is 1.50. The normalized spacial score (nSPS) is 16.9. The van der Waals surface area contributed by atoms with Gasteiger partial charge in [-0.3, -0.25) is 0 Å². The molecule has 0 heterocycles. The van der Waals surface area contributed by atoms with Crippen molar-refractivity contribution in [3.8, 4) is 0 Å². The minimum atomic E-state index is -1.90. The third-order valence-electron chi connectivity index (χ3n) is 1.50. The minimum Gasteiger partial charge on any atom is -0.464 e. The predicted molar refractivity (Wildman–Crippen MR) is 45.3 cm³/mol. The molecular formula is C8H14O6. The Kier molecular flexibility index (Phi) is 6.02. The second-order valence-electron chi connectivity index (χ2n) is 2.73. The number of hydrogen-bond donors (Lipinski definition) is 3. The van der Waals surface area contributed by atoms with Gasteiger partial charge in [0.05, 0.1) is 6.61 Å². The molecule has 0 aromatic carbocycles. The van der Waals surface area contributed by atoms with Crippen molar-refractivity contribution in [2.24, 2.45) is 0 Å². The molecule has 0 radical (unpaired) electrons. The van der Waals surface area contributed by atoms with Crippen LogP contribution in [0, 0.1) is 0 Å². The molecule has 0 spiro atoms. The first-order chi connectivity index (χ1) is 6.54. The Hall–Kier alpha value is -0.980. The Bertz CT molecular complexity index is 192. The molecular weight excluding hydrogens is 192 g/mol. The van der Waals surface area contributed by atoms with Crippen LogP contribution in [0.3, 0.4) is 0 Å². The first kappa shape index (κ1) is 13.0. The van der Waals surface area contributed by atoms with Crippen LogP contribution in [0.4, 0.5) is 0 Å². The second kappa shape index (κ2) is 6.47. The molecule has 3 N–H and O–H groups in total. The van der Waals surface area contributed by atoms with E-state index < -0.39 is 24.3 Å². The summed E-state index contributed by atoms with van der Waals surface area (Å²) in [5, 5.41) is 26.9. The molecule has 0 fully saturated rings. The van der Waals surface area contributed by atoms with E-state index >= 15 is 0 Å². The molecule has 82 valence electrons. The van der Waals surface area contributed by atoms with E-state index in [1.54, 1.807) is 6.92 Å². The number of carbonyl (C=O) groups excluding carboxylic acids is 2. The van der Waals surface area contributed by atoms with Gasteiger partial charge in [0.2, 0.25) is 0 Å². The van der Waals surface area contributed by atoms with E-state index in [1.165, 1.54) is 0 Å². The zero-order chi connectivity index (χ0) is 11.1. The summed E-state index contributed by atoms with van der Waals surface area (Å²) in [5.41, 5.74) is 0. The Balaban J connectivity index is 4.09. The van der Waals surface area contributed by atoms with Crippen molar-refractivity contribution in [3.05, 3.63) is 0 Å². The van der Waals surface area contributed by atoms with Crippen LogP contribution in [-0.4, -0.2) is 52.5 Å². The van der Waals surface area contributed by atoms with Crippen molar-refractivity contribution in [1.82, 2.24) is 0 Å². The average molecular weight is 206 g/mol. The minimum absolute atomic E-state index is 0.0288. The Morgan fingerprint density at radius 2 is 2.00 bits per heavy atom. The molecule has 0 saturated carbocycles. The standard InChI is InChI=1S/C8H14O6/c1-2-3-14-8(13)7(12)6(11)5(10)4-9/h4-7,10-12H,2-3H2,1H3/t5-,6+,7-/m0/s1. The SMILES string of the molecule is CCCOC(=O)[C@@H](O)[C@H](O)[C@@H](O)C=O. The maximum atomic E-state index is 10.9. The molecule has 0 unspecified atom stereocenters. The molecule has 6 heteroatoms. The number of aliphatic hydroxyl groups excluding tert-OH is 3. The van der Waals surface area contributed by atoms with Crippen LogP contribution in [0.15, 0.2) is 0 Å². The van der Waals surface area contributed by atoms with E-state index in [2.05, 4.69) is 4.74 Å². The van der Waals surface area contributed by atoms with Gasteiger partial charge < -0.3 is 24.9 Å². The predicted octanol–water partition coefficient (Wildman–Crippen LogP) is -1.78. The smallest absolute Gasteiger partial charge is 0.337 e. The Labute approximate surface area is 81.1 Å². The lowest BCUT2D eigenvalue weighted by Gasteiger charge is -2.17.